The van der Waals surface area contributed by atoms with E-state index in [1.54, 1.807) is 29.0 Å². The normalized spacial score (nSPS) is 10.5. The lowest BCUT2D eigenvalue weighted by Crippen LogP contribution is -1.99. The fraction of sp³-hybridized carbons (Fsp3) is 0.0769. The molecule has 0 fully saturated rings. The highest BCUT2D eigenvalue weighted by atomic mass is 32.2. The van der Waals surface area contributed by atoms with Crippen molar-refractivity contribution in [2.45, 2.75) is 10.8 Å². The van der Waals surface area contributed by atoms with Crippen molar-refractivity contribution in [1.82, 2.24) is 25.2 Å². The molecule has 0 aliphatic rings. The Hall–Kier alpha value is -2.21. The summed E-state index contributed by atoms with van der Waals surface area (Å²) in [5.74, 6) is 0.868. The number of hydrogen-bond donors (Lipinski definition) is 0. The van der Waals surface area contributed by atoms with Crippen LogP contribution < -0.4 is 0 Å². The summed E-state index contributed by atoms with van der Waals surface area (Å²) in [6, 6.07) is 14.1. The second-order valence-corrected chi connectivity index (χ2v) is 4.82. The van der Waals surface area contributed by atoms with Crippen LogP contribution in [0.2, 0.25) is 0 Å². The van der Waals surface area contributed by atoms with E-state index in [2.05, 4.69) is 32.6 Å². The Bertz CT molecular complexity index is 639. The second kappa shape index (κ2) is 5.62. The minimum Gasteiger partial charge on any atom is -0.248 e. The molecule has 0 atom stereocenters. The lowest BCUT2D eigenvalue weighted by Gasteiger charge is -2.06. The maximum Gasteiger partial charge on any atom is 0.143 e. The molecule has 0 radical (unpaired) electrons. The quantitative estimate of drug-likeness (QED) is 0.680. The molecule has 94 valence electrons. The number of nitrogens with zero attached hydrogens (tertiary/aromatic N) is 5. The van der Waals surface area contributed by atoms with Gasteiger partial charge in [-0.15, -0.1) is 5.10 Å². The Balaban J connectivity index is 1.82. The zero-order valence-electron chi connectivity index (χ0n) is 10.0. The Labute approximate surface area is 114 Å². The van der Waals surface area contributed by atoms with Gasteiger partial charge in [0.25, 0.3) is 0 Å². The number of thioether (sulfide) groups is 1. The van der Waals surface area contributed by atoms with Gasteiger partial charge in [-0.3, -0.25) is 0 Å². The van der Waals surface area contributed by atoms with Gasteiger partial charge in [0.1, 0.15) is 17.0 Å². The van der Waals surface area contributed by atoms with Crippen LogP contribution in [0.5, 0.6) is 0 Å². The molecular weight excluding hydrogens is 258 g/mol. The lowest BCUT2D eigenvalue weighted by molar-refractivity contribution is 0.770. The summed E-state index contributed by atoms with van der Waals surface area (Å²) in [7, 11) is 0. The predicted molar refractivity (Wildman–Crippen MR) is 73.0 cm³/mol. The highest BCUT2D eigenvalue weighted by Gasteiger charge is 2.07. The molecule has 2 heterocycles. The molecular formula is C13H11N5S. The fourth-order valence-electron chi connectivity index (χ4n) is 1.67. The van der Waals surface area contributed by atoms with E-state index >= 15 is 0 Å². The molecule has 0 unspecified atom stereocenters. The molecule has 0 aliphatic heterocycles. The van der Waals surface area contributed by atoms with Gasteiger partial charge in [-0.1, -0.05) is 42.1 Å². The number of pyridine rings is 1. The van der Waals surface area contributed by atoms with E-state index in [1.165, 1.54) is 5.56 Å². The summed E-state index contributed by atoms with van der Waals surface area (Å²) >= 11 is 1.67. The van der Waals surface area contributed by atoms with Crippen LogP contribution in [0.1, 0.15) is 5.56 Å². The summed E-state index contributed by atoms with van der Waals surface area (Å²) in [6.07, 6.45) is 3.35. The van der Waals surface area contributed by atoms with Crippen LogP contribution in [0.4, 0.5) is 0 Å². The average Bonchev–Trinajstić information content (AvgIpc) is 3.01. The van der Waals surface area contributed by atoms with Crippen LogP contribution in [0.15, 0.2) is 60.0 Å². The molecule has 0 N–H and O–H groups in total. The first-order valence-corrected chi connectivity index (χ1v) is 6.77. The molecule has 19 heavy (non-hydrogen) atoms. The summed E-state index contributed by atoms with van der Waals surface area (Å²) < 4.78 is 1.63. The molecule has 3 aromatic rings. The van der Waals surface area contributed by atoms with Crippen molar-refractivity contribution in [1.29, 1.82) is 0 Å². The number of tetrazole rings is 1. The first-order chi connectivity index (χ1) is 9.43. The van der Waals surface area contributed by atoms with E-state index in [9.17, 15) is 0 Å². The second-order valence-electron chi connectivity index (χ2n) is 3.86. The maximum atomic E-state index is 4.40. The van der Waals surface area contributed by atoms with Crippen LogP contribution in [0, 0.1) is 0 Å². The molecule has 0 bridgehead atoms. The van der Waals surface area contributed by atoms with Gasteiger partial charge in [-0.25, -0.2) is 4.98 Å². The summed E-state index contributed by atoms with van der Waals surface area (Å²) in [6.45, 7) is 0. The lowest BCUT2D eigenvalue weighted by atomic mass is 10.2. The topological polar surface area (TPSA) is 56.5 Å². The van der Waals surface area contributed by atoms with E-state index in [-0.39, 0.29) is 0 Å². The summed E-state index contributed by atoms with van der Waals surface area (Å²) in [4.78, 5) is 4.40. The van der Waals surface area contributed by atoms with Crippen molar-refractivity contribution in [3.8, 4) is 5.69 Å². The average molecular weight is 269 g/mol. The number of benzene rings is 1. The van der Waals surface area contributed by atoms with Gasteiger partial charge < -0.3 is 0 Å². The van der Waals surface area contributed by atoms with E-state index in [0.717, 1.165) is 16.5 Å². The predicted octanol–water partition coefficient (Wildman–Crippen LogP) is 2.35. The van der Waals surface area contributed by atoms with Crippen molar-refractivity contribution < 1.29 is 0 Å². The highest BCUT2D eigenvalue weighted by Crippen LogP contribution is 2.25. The summed E-state index contributed by atoms with van der Waals surface area (Å²) in [5.41, 5.74) is 2.16. The van der Waals surface area contributed by atoms with E-state index in [4.69, 9.17) is 0 Å². The summed E-state index contributed by atoms with van der Waals surface area (Å²) in [5, 5.41) is 12.1. The zero-order valence-corrected chi connectivity index (χ0v) is 10.9. The van der Waals surface area contributed by atoms with Gasteiger partial charge in [0.05, 0.1) is 0 Å². The smallest absolute Gasteiger partial charge is 0.143 e. The molecule has 5 nitrogen and oxygen atoms in total. The molecule has 2 aromatic heterocycles. The Morgan fingerprint density at radius 1 is 1.05 bits per heavy atom. The first-order valence-electron chi connectivity index (χ1n) is 5.78. The van der Waals surface area contributed by atoms with Gasteiger partial charge in [-0.05, 0) is 28.1 Å². The van der Waals surface area contributed by atoms with Crippen molar-refractivity contribution in [3.05, 3.63) is 60.6 Å². The van der Waals surface area contributed by atoms with Crippen molar-refractivity contribution >= 4 is 11.8 Å². The van der Waals surface area contributed by atoms with Crippen LogP contribution >= 0.6 is 11.8 Å². The number of rotatable bonds is 4. The van der Waals surface area contributed by atoms with Crippen LogP contribution in [-0.2, 0) is 5.75 Å². The minimum atomic E-state index is 0.868. The van der Waals surface area contributed by atoms with Crippen molar-refractivity contribution in [2.75, 3.05) is 0 Å². The van der Waals surface area contributed by atoms with Crippen LogP contribution in [-0.4, -0.2) is 25.2 Å². The Morgan fingerprint density at radius 2 is 1.95 bits per heavy atom. The highest BCUT2D eigenvalue weighted by molar-refractivity contribution is 7.98. The first kappa shape index (κ1) is 11.9. The minimum absolute atomic E-state index is 0.868. The number of aromatic nitrogens is 5. The van der Waals surface area contributed by atoms with E-state index in [0.29, 0.717) is 0 Å². The molecule has 1 aromatic carbocycles. The molecule has 3 rings (SSSR count). The third-order valence-corrected chi connectivity index (χ3v) is 3.63. The van der Waals surface area contributed by atoms with Gasteiger partial charge in [-0.2, -0.15) is 4.68 Å². The van der Waals surface area contributed by atoms with Crippen molar-refractivity contribution in [3.63, 3.8) is 0 Å². The van der Waals surface area contributed by atoms with Crippen molar-refractivity contribution in [2.24, 2.45) is 0 Å². The van der Waals surface area contributed by atoms with Crippen LogP contribution in [0.3, 0.4) is 0 Å². The Morgan fingerprint density at radius 3 is 2.74 bits per heavy atom. The van der Waals surface area contributed by atoms with Gasteiger partial charge >= 0.3 is 0 Å². The monoisotopic (exact) mass is 269 g/mol. The largest absolute Gasteiger partial charge is 0.248 e. The molecule has 0 aliphatic carbocycles. The van der Waals surface area contributed by atoms with Gasteiger partial charge in [0.2, 0.25) is 0 Å². The van der Waals surface area contributed by atoms with Crippen LogP contribution in [0.25, 0.3) is 5.69 Å². The van der Waals surface area contributed by atoms with E-state index < -0.39 is 0 Å². The fourth-order valence-corrected chi connectivity index (χ4v) is 2.61. The van der Waals surface area contributed by atoms with Gasteiger partial charge in [0.15, 0.2) is 0 Å². The molecule has 0 saturated carbocycles. The van der Waals surface area contributed by atoms with E-state index in [1.807, 2.05) is 30.3 Å². The Kier molecular flexibility index (Phi) is 3.51. The molecule has 0 saturated heterocycles. The SMILES string of the molecule is c1ccc(CSc2ncccc2-n2cnnn2)cc1. The molecule has 0 amide bonds. The molecule has 6 heteroatoms. The van der Waals surface area contributed by atoms with Gasteiger partial charge in [0, 0.05) is 11.9 Å². The maximum absolute atomic E-state index is 4.40. The number of hydrogen-bond acceptors (Lipinski definition) is 5. The standard InChI is InChI=1S/C13H11N5S/c1-2-5-11(6-3-1)9-19-13-12(7-4-8-14-13)18-10-15-16-17-18/h1-8,10H,9H2. The third kappa shape index (κ3) is 2.79. The molecule has 0 spiro atoms. The zero-order chi connectivity index (χ0) is 12.9. The third-order valence-electron chi connectivity index (χ3n) is 2.57.